The number of methoxy groups -OCH3 is 1. The van der Waals surface area contributed by atoms with E-state index in [1.165, 1.54) is 0 Å². The fourth-order valence-corrected chi connectivity index (χ4v) is 3.87. The average Bonchev–Trinajstić information content (AvgIpc) is 2.45. The Morgan fingerprint density at radius 1 is 1.20 bits per heavy atom. The fourth-order valence-electron chi connectivity index (χ4n) is 2.34. The van der Waals surface area contributed by atoms with Gasteiger partial charge in [0.2, 0.25) is 10.0 Å². The largest absolute Gasteiger partial charge is 0.383 e. The van der Waals surface area contributed by atoms with Crippen molar-refractivity contribution in [3.05, 3.63) is 29.8 Å². The first kappa shape index (κ1) is 15.4. The summed E-state index contributed by atoms with van der Waals surface area (Å²) in [6, 6.07) is 7.09. The molecule has 1 heterocycles. The molecular formula is C14H22N2O3S. The molecule has 0 amide bonds. The van der Waals surface area contributed by atoms with E-state index in [1.807, 2.05) is 13.0 Å². The monoisotopic (exact) mass is 298 g/mol. The van der Waals surface area contributed by atoms with Crippen molar-refractivity contribution >= 4 is 10.0 Å². The summed E-state index contributed by atoms with van der Waals surface area (Å²) in [7, 11) is -1.67. The molecule has 1 aromatic rings. The second-order valence-corrected chi connectivity index (χ2v) is 6.99. The minimum absolute atomic E-state index is 0.392. The Morgan fingerprint density at radius 2 is 1.90 bits per heavy atom. The first-order valence-electron chi connectivity index (χ1n) is 6.82. The highest BCUT2D eigenvalue weighted by atomic mass is 32.2. The molecule has 0 atom stereocenters. The van der Waals surface area contributed by atoms with Gasteiger partial charge in [0.15, 0.2) is 0 Å². The third-order valence-electron chi connectivity index (χ3n) is 3.57. The molecule has 0 saturated carbocycles. The number of rotatable bonds is 5. The van der Waals surface area contributed by atoms with E-state index >= 15 is 0 Å². The predicted octanol–water partition coefficient (Wildman–Crippen LogP) is 0.948. The molecule has 1 saturated heterocycles. The molecule has 0 bridgehead atoms. The summed E-state index contributed by atoms with van der Waals surface area (Å²) in [6.07, 6.45) is 0. The van der Waals surface area contributed by atoms with Gasteiger partial charge in [-0.15, -0.1) is 0 Å². The SMILES string of the molecule is COCCN1CCN(S(=O)(=O)c2cccc(C)c2)CC1. The van der Waals surface area contributed by atoms with Crippen LogP contribution >= 0.6 is 0 Å². The Labute approximate surface area is 121 Å². The van der Waals surface area contributed by atoms with E-state index in [0.29, 0.717) is 24.6 Å². The average molecular weight is 298 g/mol. The summed E-state index contributed by atoms with van der Waals surface area (Å²) < 4.78 is 31.7. The zero-order valence-electron chi connectivity index (χ0n) is 12.1. The van der Waals surface area contributed by atoms with Crippen LogP contribution in [0.1, 0.15) is 5.56 Å². The molecule has 0 aliphatic carbocycles. The van der Waals surface area contributed by atoms with Gasteiger partial charge in [0, 0.05) is 39.8 Å². The Hall–Kier alpha value is -0.950. The molecule has 2 rings (SSSR count). The Morgan fingerprint density at radius 3 is 2.50 bits per heavy atom. The number of nitrogens with zero attached hydrogens (tertiary/aromatic N) is 2. The van der Waals surface area contributed by atoms with Gasteiger partial charge < -0.3 is 4.74 Å². The fraction of sp³-hybridized carbons (Fsp3) is 0.571. The number of sulfonamides is 1. The minimum atomic E-state index is -3.35. The van der Waals surface area contributed by atoms with Crippen LogP contribution in [-0.2, 0) is 14.8 Å². The molecule has 0 N–H and O–H groups in total. The van der Waals surface area contributed by atoms with Gasteiger partial charge in [-0.25, -0.2) is 8.42 Å². The van der Waals surface area contributed by atoms with Crippen LogP contribution in [0.15, 0.2) is 29.2 Å². The normalized spacial score (nSPS) is 18.3. The highest BCUT2D eigenvalue weighted by Gasteiger charge is 2.28. The lowest BCUT2D eigenvalue weighted by atomic mass is 10.2. The summed E-state index contributed by atoms with van der Waals surface area (Å²) in [5.41, 5.74) is 0.963. The summed E-state index contributed by atoms with van der Waals surface area (Å²) in [5, 5.41) is 0. The van der Waals surface area contributed by atoms with Crippen LogP contribution in [0.2, 0.25) is 0 Å². The van der Waals surface area contributed by atoms with Crippen molar-refractivity contribution in [3.63, 3.8) is 0 Å². The van der Waals surface area contributed by atoms with Gasteiger partial charge >= 0.3 is 0 Å². The Kier molecular flexibility index (Phi) is 5.15. The number of piperazine rings is 1. The molecule has 6 heteroatoms. The molecule has 0 aromatic heterocycles. The lowest BCUT2D eigenvalue weighted by Gasteiger charge is -2.33. The standard InChI is InChI=1S/C14H22N2O3S/c1-13-4-3-5-14(12-13)20(17,18)16-8-6-15(7-9-16)10-11-19-2/h3-5,12H,6-11H2,1-2H3. The van der Waals surface area contributed by atoms with Crippen molar-refractivity contribution in [1.82, 2.24) is 9.21 Å². The lowest BCUT2D eigenvalue weighted by Crippen LogP contribution is -2.49. The van der Waals surface area contributed by atoms with Crippen molar-refractivity contribution in [2.75, 3.05) is 46.4 Å². The van der Waals surface area contributed by atoms with Crippen molar-refractivity contribution in [2.24, 2.45) is 0 Å². The topological polar surface area (TPSA) is 49.9 Å². The molecule has 112 valence electrons. The lowest BCUT2D eigenvalue weighted by molar-refractivity contribution is 0.123. The molecule has 0 spiro atoms. The molecule has 0 unspecified atom stereocenters. The van der Waals surface area contributed by atoms with E-state index in [-0.39, 0.29) is 0 Å². The molecule has 0 radical (unpaired) electrons. The molecule has 5 nitrogen and oxygen atoms in total. The van der Waals surface area contributed by atoms with Crippen molar-refractivity contribution in [2.45, 2.75) is 11.8 Å². The second kappa shape index (κ2) is 6.67. The van der Waals surface area contributed by atoms with Crippen LogP contribution in [0, 0.1) is 6.92 Å². The van der Waals surface area contributed by atoms with Crippen LogP contribution in [0.4, 0.5) is 0 Å². The molecule has 20 heavy (non-hydrogen) atoms. The maximum atomic E-state index is 12.5. The van der Waals surface area contributed by atoms with E-state index in [4.69, 9.17) is 4.74 Å². The van der Waals surface area contributed by atoms with Crippen molar-refractivity contribution in [1.29, 1.82) is 0 Å². The first-order valence-corrected chi connectivity index (χ1v) is 8.26. The molecule has 1 fully saturated rings. The van der Waals surface area contributed by atoms with E-state index in [2.05, 4.69) is 4.90 Å². The van der Waals surface area contributed by atoms with Crippen molar-refractivity contribution in [3.8, 4) is 0 Å². The third-order valence-corrected chi connectivity index (χ3v) is 5.46. The van der Waals surface area contributed by atoms with Gasteiger partial charge in [0.25, 0.3) is 0 Å². The van der Waals surface area contributed by atoms with Gasteiger partial charge in [-0.3, -0.25) is 4.90 Å². The van der Waals surface area contributed by atoms with Gasteiger partial charge in [0.1, 0.15) is 0 Å². The van der Waals surface area contributed by atoms with Crippen LogP contribution in [-0.4, -0.2) is 64.1 Å². The minimum Gasteiger partial charge on any atom is -0.383 e. The van der Waals surface area contributed by atoms with Gasteiger partial charge in [-0.1, -0.05) is 12.1 Å². The summed E-state index contributed by atoms with van der Waals surface area (Å²) in [4.78, 5) is 2.62. The van der Waals surface area contributed by atoms with Gasteiger partial charge in [0.05, 0.1) is 11.5 Å². The van der Waals surface area contributed by atoms with Crippen molar-refractivity contribution < 1.29 is 13.2 Å². The number of hydrogen-bond acceptors (Lipinski definition) is 4. The van der Waals surface area contributed by atoms with Gasteiger partial charge in [-0.2, -0.15) is 4.31 Å². The van der Waals surface area contributed by atoms with Gasteiger partial charge in [-0.05, 0) is 24.6 Å². The highest BCUT2D eigenvalue weighted by molar-refractivity contribution is 7.89. The molecule has 1 aliphatic rings. The van der Waals surface area contributed by atoms with Crippen LogP contribution < -0.4 is 0 Å². The predicted molar refractivity (Wildman–Crippen MR) is 78.3 cm³/mol. The van der Waals surface area contributed by atoms with Crippen LogP contribution in [0.25, 0.3) is 0 Å². The Balaban J connectivity index is 2.02. The first-order chi connectivity index (χ1) is 9.54. The summed E-state index contributed by atoms with van der Waals surface area (Å²) >= 11 is 0. The molecular weight excluding hydrogens is 276 g/mol. The molecule has 1 aliphatic heterocycles. The summed E-state index contributed by atoms with van der Waals surface area (Å²) in [5.74, 6) is 0. The number of benzene rings is 1. The van der Waals surface area contributed by atoms with E-state index in [1.54, 1.807) is 29.6 Å². The maximum absolute atomic E-state index is 12.5. The van der Waals surface area contributed by atoms with E-state index in [9.17, 15) is 8.42 Å². The highest BCUT2D eigenvalue weighted by Crippen LogP contribution is 2.18. The maximum Gasteiger partial charge on any atom is 0.243 e. The number of hydrogen-bond donors (Lipinski definition) is 0. The van der Waals surface area contributed by atoms with Crippen LogP contribution in [0.3, 0.4) is 0 Å². The Bertz CT molecular complexity index is 537. The third kappa shape index (κ3) is 3.58. The quantitative estimate of drug-likeness (QED) is 0.812. The summed E-state index contributed by atoms with van der Waals surface area (Å²) in [6.45, 7) is 6.05. The number of aryl methyl sites for hydroxylation is 1. The van der Waals surface area contributed by atoms with E-state index < -0.39 is 10.0 Å². The zero-order valence-corrected chi connectivity index (χ0v) is 12.9. The number of ether oxygens (including phenoxy) is 1. The second-order valence-electron chi connectivity index (χ2n) is 5.06. The smallest absolute Gasteiger partial charge is 0.243 e. The van der Waals surface area contributed by atoms with Crippen LogP contribution in [0.5, 0.6) is 0 Å². The zero-order chi connectivity index (χ0) is 14.6. The molecule has 1 aromatic carbocycles. The van der Waals surface area contributed by atoms with E-state index in [0.717, 1.165) is 25.2 Å².